The van der Waals surface area contributed by atoms with Crippen molar-refractivity contribution in [3.63, 3.8) is 0 Å². The second-order valence-electron chi connectivity index (χ2n) is 5.31. The van der Waals surface area contributed by atoms with E-state index in [1.807, 2.05) is 20.8 Å². The standard InChI is InChI=1S/C11H24N2O3/c1-10(2,3)16-9(14)13-8(7-12)11(15-4)5-6-11/h8-9,13-14H,5-7,12H2,1-4H3/t8-,9?/m1/s1. The lowest BCUT2D eigenvalue weighted by Crippen LogP contribution is -2.53. The molecule has 1 saturated carbocycles. The van der Waals surface area contributed by atoms with Gasteiger partial charge in [0, 0.05) is 13.7 Å². The van der Waals surface area contributed by atoms with Crippen molar-refractivity contribution in [1.82, 2.24) is 5.32 Å². The van der Waals surface area contributed by atoms with Crippen LogP contribution in [0.3, 0.4) is 0 Å². The predicted molar refractivity (Wildman–Crippen MR) is 61.8 cm³/mol. The molecule has 0 radical (unpaired) electrons. The number of nitrogens with two attached hydrogens (primary N) is 1. The molecule has 2 atom stereocenters. The monoisotopic (exact) mass is 232 g/mol. The number of methoxy groups -OCH3 is 1. The van der Waals surface area contributed by atoms with Crippen LogP contribution in [0.5, 0.6) is 0 Å². The Morgan fingerprint density at radius 3 is 2.31 bits per heavy atom. The highest BCUT2D eigenvalue weighted by molar-refractivity contribution is 5.05. The van der Waals surface area contributed by atoms with Crippen LogP contribution in [0.15, 0.2) is 0 Å². The van der Waals surface area contributed by atoms with E-state index < -0.39 is 12.0 Å². The number of rotatable bonds is 6. The summed E-state index contributed by atoms with van der Waals surface area (Å²) in [6, 6.07) is -0.0742. The molecule has 1 aliphatic rings. The van der Waals surface area contributed by atoms with Gasteiger partial charge in [0.1, 0.15) is 0 Å². The topological polar surface area (TPSA) is 76.7 Å². The molecule has 5 nitrogen and oxygen atoms in total. The lowest BCUT2D eigenvalue weighted by atomic mass is 10.1. The molecular weight excluding hydrogens is 208 g/mol. The number of hydrogen-bond donors (Lipinski definition) is 3. The molecule has 0 amide bonds. The number of nitrogens with one attached hydrogen (secondary N) is 1. The van der Waals surface area contributed by atoms with Gasteiger partial charge in [-0.25, -0.2) is 0 Å². The van der Waals surface area contributed by atoms with Gasteiger partial charge in [0.15, 0.2) is 0 Å². The molecule has 1 unspecified atom stereocenters. The maximum Gasteiger partial charge on any atom is 0.214 e. The summed E-state index contributed by atoms with van der Waals surface area (Å²) >= 11 is 0. The zero-order valence-electron chi connectivity index (χ0n) is 10.6. The molecule has 5 heteroatoms. The van der Waals surface area contributed by atoms with Crippen molar-refractivity contribution in [3.05, 3.63) is 0 Å². The van der Waals surface area contributed by atoms with Crippen molar-refractivity contribution >= 4 is 0 Å². The molecule has 0 bridgehead atoms. The zero-order chi connectivity index (χ0) is 12.4. The lowest BCUT2D eigenvalue weighted by Gasteiger charge is -2.31. The van der Waals surface area contributed by atoms with Gasteiger partial charge in [0.25, 0.3) is 0 Å². The summed E-state index contributed by atoms with van der Waals surface area (Å²) in [4.78, 5) is 0. The maximum atomic E-state index is 9.73. The minimum absolute atomic E-state index is 0.0742. The molecule has 0 saturated heterocycles. The maximum absolute atomic E-state index is 9.73. The number of hydrogen-bond acceptors (Lipinski definition) is 5. The summed E-state index contributed by atoms with van der Waals surface area (Å²) < 4.78 is 10.8. The van der Waals surface area contributed by atoms with E-state index in [0.717, 1.165) is 12.8 Å². The van der Waals surface area contributed by atoms with E-state index in [2.05, 4.69) is 5.32 Å². The van der Waals surface area contributed by atoms with Crippen molar-refractivity contribution in [2.45, 2.75) is 57.3 Å². The quantitative estimate of drug-likeness (QED) is 0.569. The molecule has 0 spiro atoms. The van der Waals surface area contributed by atoms with Gasteiger partial charge in [-0.3, -0.25) is 5.32 Å². The molecule has 0 aliphatic heterocycles. The summed E-state index contributed by atoms with van der Waals surface area (Å²) in [5.74, 6) is 0. The molecular formula is C11H24N2O3. The van der Waals surface area contributed by atoms with Crippen molar-refractivity contribution < 1.29 is 14.6 Å². The van der Waals surface area contributed by atoms with Gasteiger partial charge >= 0.3 is 0 Å². The molecule has 1 fully saturated rings. The summed E-state index contributed by atoms with van der Waals surface area (Å²) in [6.07, 6.45) is 0.933. The van der Waals surface area contributed by atoms with E-state index in [0.29, 0.717) is 6.54 Å². The fourth-order valence-electron chi connectivity index (χ4n) is 1.79. The summed E-state index contributed by atoms with van der Waals surface area (Å²) in [5.41, 5.74) is 5.07. The zero-order valence-corrected chi connectivity index (χ0v) is 10.6. The van der Waals surface area contributed by atoms with E-state index in [1.54, 1.807) is 7.11 Å². The predicted octanol–water partition coefficient (Wildman–Crippen LogP) is 0.173. The second kappa shape index (κ2) is 4.98. The summed E-state index contributed by atoms with van der Waals surface area (Å²) in [6.45, 7) is 6.08. The van der Waals surface area contributed by atoms with Crippen LogP contribution in [0.25, 0.3) is 0 Å². The molecule has 0 aromatic rings. The Balaban J connectivity index is 2.45. The Kier molecular flexibility index (Phi) is 4.31. The van der Waals surface area contributed by atoms with Crippen LogP contribution in [0.2, 0.25) is 0 Å². The fraction of sp³-hybridized carbons (Fsp3) is 1.00. The average Bonchev–Trinajstić information content (AvgIpc) is 2.92. The number of ether oxygens (including phenoxy) is 2. The fourth-order valence-corrected chi connectivity index (χ4v) is 1.79. The van der Waals surface area contributed by atoms with Crippen molar-refractivity contribution in [2.75, 3.05) is 13.7 Å². The van der Waals surface area contributed by atoms with Gasteiger partial charge in [-0.05, 0) is 33.6 Å². The van der Waals surface area contributed by atoms with E-state index in [4.69, 9.17) is 15.2 Å². The van der Waals surface area contributed by atoms with Crippen molar-refractivity contribution in [1.29, 1.82) is 0 Å². The van der Waals surface area contributed by atoms with Gasteiger partial charge in [-0.15, -0.1) is 0 Å². The van der Waals surface area contributed by atoms with Gasteiger partial charge in [-0.2, -0.15) is 0 Å². The van der Waals surface area contributed by atoms with Crippen molar-refractivity contribution in [3.8, 4) is 0 Å². The SMILES string of the molecule is COC1([C@@H](CN)NC(O)OC(C)(C)C)CC1. The smallest absolute Gasteiger partial charge is 0.214 e. The van der Waals surface area contributed by atoms with E-state index >= 15 is 0 Å². The summed E-state index contributed by atoms with van der Waals surface area (Å²) in [5, 5.41) is 12.7. The minimum atomic E-state index is -1.01. The van der Waals surface area contributed by atoms with E-state index in [1.165, 1.54) is 0 Å². The first-order valence-corrected chi connectivity index (χ1v) is 5.70. The van der Waals surface area contributed by atoms with Crippen LogP contribution >= 0.6 is 0 Å². The Morgan fingerprint density at radius 2 is 2.00 bits per heavy atom. The van der Waals surface area contributed by atoms with Crippen LogP contribution in [0, 0.1) is 0 Å². The minimum Gasteiger partial charge on any atom is -0.377 e. The normalized spacial score (nSPS) is 22.9. The van der Waals surface area contributed by atoms with Gasteiger partial charge < -0.3 is 20.3 Å². The number of aliphatic hydroxyl groups excluding tert-OH is 1. The molecule has 1 rings (SSSR count). The molecule has 96 valence electrons. The highest BCUT2D eigenvalue weighted by Gasteiger charge is 2.50. The van der Waals surface area contributed by atoms with E-state index in [-0.39, 0.29) is 11.6 Å². The largest absolute Gasteiger partial charge is 0.377 e. The third kappa shape index (κ3) is 3.68. The van der Waals surface area contributed by atoms with Crippen LogP contribution in [0.4, 0.5) is 0 Å². The number of aliphatic hydroxyl groups is 1. The highest BCUT2D eigenvalue weighted by atomic mass is 16.6. The molecule has 16 heavy (non-hydrogen) atoms. The third-order valence-electron chi connectivity index (χ3n) is 2.83. The average molecular weight is 232 g/mol. The van der Waals surface area contributed by atoms with Gasteiger partial charge in [0.05, 0.1) is 17.2 Å². The lowest BCUT2D eigenvalue weighted by molar-refractivity contribution is -0.190. The first kappa shape index (κ1) is 13.9. The highest BCUT2D eigenvalue weighted by Crippen LogP contribution is 2.41. The van der Waals surface area contributed by atoms with Gasteiger partial charge in [-0.1, -0.05) is 0 Å². The second-order valence-corrected chi connectivity index (χ2v) is 5.31. The van der Waals surface area contributed by atoms with E-state index in [9.17, 15) is 5.11 Å². The summed E-state index contributed by atoms with van der Waals surface area (Å²) in [7, 11) is 1.67. The molecule has 0 aromatic heterocycles. The first-order valence-electron chi connectivity index (χ1n) is 5.70. The Labute approximate surface area is 97.3 Å². The molecule has 4 N–H and O–H groups in total. The third-order valence-corrected chi connectivity index (χ3v) is 2.83. The van der Waals surface area contributed by atoms with Crippen LogP contribution < -0.4 is 11.1 Å². The Morgan fingerprint density at radius 1 is 1.44 bits per heavy atom. The molecule has 0 aromatic carbocycles. The van der Waals surface area contributed by atoms with Crippen LogP contribution in [-0.2, 0) is 9.47 Å². The van der Waals surface area contributed by atoms with Crippen LogP contribution in [0.1, 0.15) is 33.6 Å². The first-order chi connectivity index (χ1) is 7.33. The molecule has 1 aliphatic carbocycles. The Hall–Kier alpha value is -0.200. The Bertz CT molecular complexity index is 224. The van der Waals surface area contributed by atoms with Crippen LogP contribution in [-0.4, -0.2) is 42.4 Å². The van der Waals surface area contributed by atoms with Gasteiger partial charge in [0.2, 0.25) is 6.41 Å². The molecule has 0 heterocycles. The van der Waals surface area contributed by atoms with Crippen molar-refractivity contribution in [2.24, 2.45) is 5.73 Å².